The lowest BCUT2D eigenvalue weighted by Crippen LogP contribution is -2.61. The zero-order chi connectivity index (χ0) is 15.1. The number of methoxy groups -OCH3 is 1. The van der Waals surface area contributed by atoms with E-state index in [9.17, 15) is 0 Å². The number of hydrogen-bond acceptors (Lipinski definition) is 4. The average Bonchev–Trinajstić information content (AvgIpc) is 2.40. The van der Waals surface area contributed by atoms with Crippen molar-refractivity contribution in [2.75, 3.05) is 34.4 Å². The fourth-order valence-corrected chi connectivity index (χ4v) is 3.35. The van der Waals surface area contributed by atoms with Crippen molar-refractivity contribution in [1.82, 2.24) is 10.2 Å². The molecule has 0 amide bonds. The molecule has 0 aromatic heterocycles. The first-order valence-corrected chi connectivity index (χ1v) is 8.13. The highest BCUT2D eigenvalue weighted by atomic mass is 16.5. The van der Waals surface area contributed by atoms with E-state index in [1.807, 2.05) is 6.92 Å². The van der Waals surface area contributed by atoms with Crippen LogP contribution in [0.15, 0.2) is 0 Å². The van der Waals surface area contributed by atoms with Crippen LogP contribution in [0.4, 0.5) is 0 Å². The molecule has 120 valence electrons. The maximum atomic E-state index is 5.68. The maximum absolute atomic E-state index is 5.68. The highest BCUT2D eigenvalue weighted by Gasteiger charge is 2.42. The lowest BCUT2D eigenvalue weighted by atomic mass is 9.84. The molecule has 4 heteroatoms. The standard InChI is InChI=1S/C16H34N2O2/c1-7-12(8-2)14(18(4)5)11-17-13-10-15(20-9-3)16(13)19-6/h12-17H,7-11H2,1-6H3. The lowest BCUT2D eigenvalue weighted by molar-refractivity contribution is -0.132. The second kappa shape index (κ2) is 8.98. The molecule has 20 heavy (non-hydrogen) atoms. The number of rotatable bonds is 10. The third kappa shape index (κ3) is 4.42. The molecule has 0 aromatic carbocycles. The fraction of sp³-hybridized carbons (Fsp3) is 1.00. The van der Waals surface area contributed by atoms with Crippen LogP contribution in [-0.2, 0) is 9.47 Å². The fourth-order valence-electron chi connectivity index (χ4n) is 3.35. The van der Waals surface area contributed by atoms with Crippen molar-refractivity contribution in [3.8, 4) is 0 Å². The van der Waals surface area contributed by atoms with Crippen LogP contribution in [-0.4, -0.2) is 63.5 Å². The molecule has 0 heterocycles. The van der Waals surface area contributed by atoms with Crippen LogP contribution in [0.5, 0.6) is 0 Å². The van der Waals surface area contributed by atoms with Gasteiger partial charge in [0, 0.05) is 32.3 Å². The Morgan fingerprint density at radius 1 is 1.20 bits per heavy atom. The minimum atomic E-state index is 0.208. The summed E-state index contributed by atoms with van der Waals surface area (Å²) in [5.74, 6) is 0.751. The van der Waals surface area contributed by atoms with E-state index < -0.39 is 0 Å². The minimum Gasteiger partial charge on any atom is -0.377 e. The van der Waals surface area contributed by atoms with Crippen molar-refractivity contribution in [3.05, 3.63) is 0 Å². The summed E-state index contributed by atoms with van der Waals surface area (Å²) in [7, 11) is 6.15. The normalized spacial score (nSPS) is 27.9. The molecule has 4 atom stereocenters. The third-order valence-corrected chi connectivity index (χ3v) is 4.75. The smallest absolute Gasteiger partial charge is 0.0986 e. The molecule has 1 N–H and O–H groups in total. The van der Waals surface area contributed by atoms with Gasteiger partial charge in [-0.15, -0.1) is 0 Å². The van der Waals surface area contributed by atoms with Crippen LogP contribution in [0.3, 0.4) is 0 Å². The van der Waals surface area contributed by atoms with Gasteiger partial charge in [-0.2, -0.15) is 0 Å². The number of likely N-dealkylation sites (N-methyl/N-ethyl adjacent to an activating group) is 1. The van der Waals surface area contributed by atoms with Crippen molar-refractivity contribution in [3.63, 3.8) is 0 Å². The molecule has 0 spiro atoms. The summed E-state index contributed by atoms with van der Waals surface area (Å²) in [5, 5.41) is 3.69. The number of nitrogens with zero attached hydrogens (tertiary/aromatic N) is 1. The van der Waals surface area contributed by atoms with Crippen LogP contribution in [0.25, 0.3) is 0 Å². The highest BCUT2D eigenvalue weighted by molar-refractivity contribution is 4.98. The number of hydrogen-bond donors (Lipinski definition) is 1. The largest absolute Gasteiger partial charge is 0.377 e. The predicted octanol–water partition coefficient (Wildman–Crippen LogP) is 2.13. The number of ether oxygens (including phenoxy) is 2. The first kappa shape index (κ1) is 17.9. The van der Waals surface area contributed by atoms with Crippen molar-refractivity contribution in [1.29, 1.82) is 0 Å². The summed E-state index contributed by atoms with van der Waals surface area (Å²) in [6.45, 7) is 8.42. The van der Waals surface area contributed by atoms with Crippen LogP contribution in [0.1, 0.15) is 40.0 Å². The molecule has 0 saturated heterocycles. The molecule has 4 nitrogen and oxygen atoms in total. The van der Waals surface area contributed by atoms with E-state index in [-0.39, 0.29) is 12.2 Å². The molecule has 1 rings (SSSR count). The predicted molar refractivity (Wildman–Crippen MR) is 84.2 cm³/mol. The van der Waals surface area contributed by atoms with Gasteiger partial charge in [0.1, 0.15) is 0 Å². The topological polar surface area (TPSA) is 33.7 Å². The molecular weight excluding hydrogens is 252 g/mol. The molecule has 0 aliphatic heterocycles. The summed E-state index contributed by atoms with van der Waals surface area (Å²) < 4.78 is 11.2. The molecule has 4 unspecified atom stereocenters. The first-order chi connectivity index (χ1) is 9.58. The van der Waals surface area contributed by atoms with Gasteiger partial charge in [-0.1, -0.05) is 26.7 Å². The quantitative estimate of drug-likeness (QED) is 0.667. The molecule has 0 bridgehead atoms. The molecule has 1 aliphatic carbocycles. The Morgan fingerprint density at radius 3 is 2.30 bits per heavy atom. The monoisotopic (exact) mass is 286 g/mol. The summed E-state index contributed by atoms with van der Waals surface area (Å²) in [6.07, 6.45) is 4.02. The van der Waals surface area contributed by atoms with Crippen LogP contribution in [0.2, 0.25) is 0 Å². The number of nitrogens with one attached hydrogen (secondary N) is 1. The zero-order valence-electron chi connectivity index (χ0n) is 14.2. The van der Waals surface area contributed by atoms with Gasteiger partial charge in [0.05, 0.1) is 12.2 Å². The molecule has 0 aromatic rings. The first-order valence-electron chi connectivity index (χ1n) is 8.13. The summed E-state index contributed by atoms with van der Waals surface area (Å²) in [5.41, 5.74) is 0. The Balaban J connectivity index is 2.44. The Labute approximate surface area is 125 Å². The molecule has 1 saturated carbocycles. The SMILES string of the molecule is CCOC1CC(NCC(C(CC)CC)N(C)C)C1OC. The van der Waals surface area contributed by atoms with Gasteiger partial charge in [-0.3, -0.25) is 0 Å². The molecule has 0 radical (unpaired) electrons. The minimum absolute atomic E-state index is 0.208. The lowest BCUT2D eigenvalue weighted by Gasteiger charge is -2.44. The molecular formula is C16H34N2O2. The summed E-state index contributed by atoms with van der Waals surface area (Å²) in [4.78, 5) is 2.35. The highest BCUT2D eigenvalue weighted by Crippen LogP contribution is 2.27. The van der Waals surface area contributed by atoms with Crippen LogP contribution >= 0.6 is 0 Å². The van der Waals surface area contributed by atoms with Crippen molar-refractivity contribution >= 4 is 0 Å². The van der Waals surface area contributed by atoms with Gasteiger partial charge in [0.2, 0.25) is 0 Å². The van der Waals surface area contributed by atoms with Gasteiger partial charge in [0.25, 0.3) is 0 Å². The van der Waals surface area contributed by atoms with E-state index in [2.05, 4.69) is 38.2 Å². The summed E-state index contributed by atoms with van der Waals surface area (Å²) in [6, 6.07) is 1.03. The van der Waals surface area contributed by atoms with E-state index in [1.54, 1.807) is 7.11 Å². The van der Waals surface area contributed by atoms with Crippen molar-refractivity contribution < 1.29 is 9.47 Å². The van der Waals surface area contributed by atoms with Gasteiger partial charge in [-0.25, -0.2) is 0 Å². The van der Waals surface area contributed by atoms with Crippen LogP contribution in [0, 0.1) is 5.92 Å². The zero-order valence-corrected chi connectivity index (χ0v) is 14.2. The van der Waals surface area contributed by atoms with Crippen molar-refractivity contribution in [2.45, 2.75) is 64.3 Å². The summed E-state index contributed by atoms with van der Waals surface area (Å²) >= 11 is 0. The Kier molecular flexibility index (Phi) is 8.03. The maximum Gasteiger partial charge on any atom is 0.0986 e. The Morgan fingerprint density at radius 2 is 1.85 bits per heavy atom. The average molecular weight is 286 g/mol. The van der Waals surface area contributed by atoms with E-state index in [1.165, 1.54) is 12.8 Å². The van der Waals surface area contributed by atoms with Crippen molar-refractivity contribution in [2.24, 2.45) is 5.92 Å². The second-order valence-corrected chi connectivity index (χ2v) is 6.05. The van der Waals surface area contributed by atoms with Gasteiger partial charge in [0.15, 0.2) is 0 Å². The third-order valence-electron chi connectivity index (χ3n) is 4.75. The van der Waals surface area contributed by atoms with Gasteiger partial charge in [-0.05, 0) is 33.4 Å². The second-order valence-electron chi connectivity index (χ2n) is 6.05. The van der Waals surface area contributed by atoms with E-state index in [4.69, 9.17) is 9.47 Å². The van der Waals surface area contributed by atoms with E-state index in [0.29, 0.717) is 12.1 Å². The van der Waals surface area contributed by atoms with Gasteiger partial charge < -0.3 is 19.7 Å². The Bertz CT molecular complexity index is 257. The Hall–Kier alpha value is -0.160. The van der Waals surface area contributed by atoms with E-state index in [0.717, 1.165) is 25.5 Å². The molecule has 1 aliphatic rings. The molecule has 1 fully saturated rings. The van der Waals surface area contributed by atoms with Gasteiger partial charge >= 0.3 is 0 Å². The van der Waals surface area contributed by atoms with Crippen LogP contribution < -0.4 is 5.32 Å². The van der Waals surface area contributed by atoms with E-state index >= 15 is 0 Å².